The van der Waals surface area contributed by atoms with E-state index >= 15 is 0 Å². The van der Waals surface area contributed by atoms with Gasteiger partial charge in [-0.1, -0.05) is 0 Å². The number of benzene rings is 2. The van der Waals surface area contributed by atoms with Crippen molar-refractivity contribution in [1.82, 2.24) is 0 Å². The monoisotopic (exact) mass is 535 g/mol. The van der Waals surface area contributed by atoms with Crippen LogP contribution in [0.4, 0.5) is 5.69 Å². The number of anilines is 1. The molecule has 1 aliphatic rings. The minimum absolute atomic E-state index is 0.121. The standard InChI is InChI=1S/C21H21NO2S.W/c1-3-4-10-17(2)25(23,24)22-20-14-9-8-13-19(20)15-16-21(22)18-11-6-5-7-12-18;/h4-14,21H,2,15-16H2,1H3;/b10-4-;. The Morgan fingerprint density at radius 2 is 1.77 bits per heavy atom. The Balaban J connectivity index is 2.11. The Hall–Kier alpha value is -1.77. The number of nitrogens with zero attached hydrogens (tertiary/aromatic N) is 1. The van der Waals surface area contributed by atoms with Crippen molar-refractivity contribution in [1.29, 1.82) is 0 Å². The summed E-state index contributed by atoms with van der Waals surface area (Å²) in [4.78, 5) is 0.121. The van der Waals surface area contributed by atoms with Gasteiger partial charge in [-0.2, -0.15) is 0 Å². The van der Waals surface area contributed by atoms with Gasteiger partial charge in [0.05, 0.1) is 0 Å². The van der Waals surface area contributed by atoms with Crippen LogP contribution in [-0.2, 0) is 35.8 Å². The van der Waals surface area contributed by atoms with Gasteiger partial charge in [0.15, 0.2) is 0 Å². The fourth-order valence-corrected chi connectivity index (χ4v) is 4.95. The molecule has 2 aromatic rings. The Kier molecular flexibility index (Phi) is 5.74. The number of sulfonamides is 1. The molecule has 0 amide bonds. The summed E-state index contributed by atoms with van der Waals surface area (Å²) in [5.41, 5.74) is 2.82. The SMILES string of the molecule is C=C(/C=C\[C](C)=[W])S(=O)(=O)N1c2ccccc2CCC1c1ccccc1. The summed E-state index contributed by atoms with van der Waals surface area (Å²) in [7, 11) is -3.72. The van der Waals surface area contributed by atoms with E-state index in [-0.39, 0.29) is 10.9 Å². The van der Waals surface area contributed by atoms with Crippen molar-refractivity contribution in [3.63, 3.8) is 0 Å². The van der Waals surface area contributed by atoms with E-state index in [1.807, 2.05) is 67.6 Å². The minimum atomic E-state index is -3.72. The normalized spacial score (nSPS) is 17.1. The summed E-state index contributed by atoms with van der Waals surface area (Å²) < 4.78 is 29.5. The first-order chi connectivity index (χ1) is 12.4. The molecule has 0 spiro atoms. The predicted octanol–water partition coefficient (Wildman–Crippen LogP) is 4.32. The molecule has 0 fully saturated rings. The average Bonchev–Trinajstić information content (AvgIpc) is 2.65. The van der Waals surface area contributed by atoms with Crippen LogP contribution in [0.25, 0.3) is 0 Å². The zero-order chi connectivity index (χ0) is 18.7. The van der Waals surface area contributed by atoms with Crippen LogP contribution in [0.15, 0.2) is 78.2 Å². The zero-order valence-electron chi connectivity index (χ0n) is 14.6. The summed E-state index contributed by atoms with van der Waals surface area (Å²) in [5, 5.41) is 0. The second-order valence-corrected chi connectivity index (χ2v) is 10.5. The molecule has 0 bridgehead atoms. The number of hydrogen-bond donors (Lipinski definition) is 0. The van der Waals surface area contributed by atoms with Crippen LogP contribution in [0.3, 0.4) is 0 Å². The second-order valence-electron chi connectivity index (χ2n) is 6.31. The van der Waals surface area contributed by atoms with Crippen LogP contribution in [0.2, 0.25) is 0 Å². The molecule has 3 rings (SSSR count). The van der Waals surface area contributed by atoms with Gasteiger partial charge in [0.25, 0.3) is 0 Å². The molecule has 0 aliphatic carbocycles. The number of fused-ring (bicyclic) bond motifs is 1. The van der Waals surface area contributed by atoms with Gasteiger partial charge in [0.2, 0.25) is 0 Å². The molecule has 1 heterocycles. The Morgan fingerprint density at radius 3 is 2.46 bits per heavy atom. The topological polar surface area (TPSA) is 37.4 Å². The van der Waals surface area contributed by atoms with Crippen molar-refractivity contribution in [2.75, 3.05) is 4.31 Å². The predicted molar refractivity (Wildman–Crippen MR) is 104 cm³/mol. The molecule has 0 saturated heterocycles. The Bertz CT molecular complexity index is 965. The maximum absolute atomic E-state index is 13.4. The first-order valence-corrected chi connectivity index (χ1v) is 11.4. The van der Waals surface area contributed by atoms with Crippen molar-refractivity contribution in [2.45, 2.75) is 25.8 Å². The van der Waals surface area contributed by atoms with Gasteiger partial charge in [-0.15, -0.1) is 0 Å². The number of rotatable bonds is 5. The van der Waals surface area contributed by atoms with E-state index in [0.717, 1.165) is 33.6 Å². The molecule has 1 aliphatic heterocycles. The molecule has 26 heavy (non-hydrogen) atoms. The Labute approximate surface area is 166 Å². The quantitative estimate of drug-likeness (QED) is 0.536. The average molecular weight is 535 g/mol. The molecule has 3 nitrogen and oxygen atoms in total. The van der Waals surface area contributed by atoms with Gasteiger partial charge >= 0.3 is 167 Å². The van der Waals surface area contributed by atoms with Gasteiger partial charge in [-0.05, 0) is 0 Å². The molecule has 5 heteroatoms. The molecule has 2 aromatic carbocycles. The summed E-state index contributed by atoms with van der Waals surface area (Å²) in [5.74, 6) is 0. The third kappa shape index (κ3) is 3.82. The van der Waals surface area contributed by atoms with Crippen LogP contribution in [0.5, 0.6) is 0 Å². The molecule has 0 radical (unpaired) electrons. The molecular weight excluding hydrogens is 514 g/mol. The molecule has 134 valence electrons. The van der Waals surface area contributed by atoms with Gasteiger partial charge in [-0.3, -0.25) is 0 Å². The third-order valence-electron chi connectivity index (χ3n) is 4.48. The van der Waals surface area contributed by atoms with Crippen molar-refractivity contribution in [2.24, 2.45) is 0 Å². The maximum atomic E-state index is 13.4. The van der Waals surface area contributed by atoms with Gasteiger partial charge in [0, 0.05) is 0 Å². The second kappa shape index (κ2) is 7.85. The van der Waals surface area contributed by atoms with Crippen molar-refractivity contribution >= 4 is 19.6 Å². The summed E-state index contributed by atoms with van der Waals surface area (Å²) in [6, 6.07) is 17.4. The Morgan fingerprint density at radius 1 is 1.12 bits per heavy atom. The summed E-state index contributed by atoms with van der Waals surface area (Å²) >= 11 is 1.31. The van der Waals surface area contributed by atoms with E-state index in [1.54, 1.807) is 10.4 Å². The van der Waals surface area contributed by atoms with E-state index < -0.39 is 10.0 Å². The van der Waals surface area contributed by atoms with Crippen LogP contribution < -0.4 is 4.31 Å². The number of aryl methyl sites for hydroxylation is 1. The molecular formula is C21H21NO2SW. The van der Waals surface area contributed by atoms with Crippen LogP contribution in [-0.4, -0.2) is 12.3 Å². The fraction of sp³-hybridized carbons (Fsp3) is 0.190. The van der Waals surface area contributed by atoms with Gasteiger partial charge in [-0.25, -0.2) is 0 Å². The van der Waals surface area contributed by atoms with Crippen LogP contribution in [0, 0.1) is 0 Å². The first kappa shape index (κ1) is 19.0. The number of para-hydroxylation sites is 1. The van der Waals surface area contributed by atoms with E-state index in [4.69, 9.17) is 0 Å². The summed E-state index contributed by atoms with van der Waals surface area (Å²) in [6.07, 6.45) is 5.04. The first-order valence-electron chi connectivity index (χ1n) is 8.46. The molecule has 0 N–H and O–H groups in total. The number of hydrogen-bond acceptors (Lipinski definition) is 2. The van der Waals surface area contributed by atoms with Crippen molar-refractivity contribution in [3.8, 4) is 0 Å². The van der Waals surface area contributed by atoms with Crippen molar-refractivity contribution < 1.29 is 27.8 Å². The molecule has 0 saturated carbocycles. The van der Waals surface area contributed by atoms with E-state index in [9.17, 15) is 8.42 Å². The number of allylic oxidation sites excluding steroid dienone is 2. The molecule has 1 atom stereocenters. The van der Waals surface area contributed by atoms with Crippen molar-refractivity contribution in [3.05, 3.63) is 89.4 Å². The third-order valence-corrected chi connectivity index (χ3v) is 6.73. The van der Waals surface area contributed by atoms with Gasteiger partial charge in [0.1, 0.15) is 0 Å². The molecule has 1 unspecified atom stereocenters. The van der Waals surface area contributed by atoms with E-state index in [2.05, 4.69) is 6.58 Å². The summed E-state index contributed by atoms with van der Waals surface area (Å²) in [6.45, 7) is 5.82. The van der Waals surface area contributed by atoms with E-state index in [0.29, 0.717) is 0 Å². The zero-order valence-corrected chi connectivity index (χ0v) is 18.4. The van der Waals surface area contributed by atoms with Gasteiger partial charge < -0.3 is 0 Å². The van der Waals surface area contributed by atoms with Crippen LogP contribution >= 0.6 is 0 Å². The van der Waals surface area contributed by atoms with Crippen LogP contribution in [0.1, 0.15) is 30.5 Å². The molecule has 0 aromatic heterocycles. The van der Waals surface area contributed by atoms with E-state index in [1.165, 1.54) is 19.4 Å². The fourth-order valence-electron chi connectivity index (χ4n) is 3.21.